The molecule has 4 rings (SSSR count). The van der Waals surface area contributed by atoms with Gasteiger partial charge in [-0.25, -0.2) is 9.38 Å². The highest BCUT2D eigenvalue weighted by Gasteiger charge is 2.60. The maximum Gasteiger partial charge on any atom is 0.280 e. The number of aryl methyl sites for hydroxylation is 1. The molecular formula is C15H18N4O. The standard InChI is InChI=1S/C15H18N4O/c1-8-12(20)19-7-9-10-5-6-15(4,14(10,2)3)11(9)16-13(19)18-17-8/h7,10H,5-6H2,1-4H3/t10-,15+/m1/s1. The van der Waals surface area contributed by atoms with E-state index in [4.69, 9.17) is 4.98 Å². The Morgan fingerprint density at radius 3 is 2.80 bits per heavy atom. The minimum absolute atomic E-state index is 0.0807. The van der Waals surface area contributed by atoms with Crippen molar-refractivity contribution in [2.45, 2.75) is 51.9 Å². The summed E-state index contributed by atoms with van der Waals surface area (Å²) in [5.74, 6) is 0.906. The van der Waals surface area contributed by atoms with Gasteiger partial charge in [0.15, 0.2) is 0 Å². The van der Waals surface area contributed by atoms with Gasteiger partial charge in [0.05, 0.1) is 5.69 Å². The molecule has 0 amide bonds. The van der Waals surface area contributed by atoms with E-state index in [2.05, 4.69) is 31.0 Å². The van der Waals surface area contributed by atoms with Crippen molar-refractivity contribution in [3.8, 4) is 0 Å². The van der Waals surface area contributed by atoms with Gasteiger partial charge in [-0.2, -0.15) is 0 Å². The summed E-state index contributed by atoms with van der Waals surface area (Å²) >= 11 is 0. The third-order valence-electron chi connectivity index (χ3n) is 5.91. The summed E-state index contributed by atoms with van der Waals surface area (Å²) in [6.45, 7) is 8.61. The van der Waals surface area contributed by atoms with E-state index in [1.54, 1.807) is 11.3 Å². The van der Waals surface area contributed by atoms with Gasteiger partial charge in [0, 0.05) is 11.6 Å². The molecule has 0 spiro atoms. The molecule has 0 unspecified atom stereocenters. The maximum atomic E-state index is 12.2. The highest BCUT2D eigenvalue weighted by molar-refractivity contribution is 5.47. The van der Waals surface area contributed by atoms with Gasteiger partial charge >= 0.3 is 0 Å². The highest BCUT2D eigenvalue weighted by atomic mass is 16.1. The summed E-state index contributed by atoms with van der Waals surface area (Å²) in [4.78, 5) is 16.9. The Labute approximate surface area is 117 Å². The third-order valence-corrected chi connectivity index (χ3v) is 5.91. The lowest BCUT2D eigenvalue weighted by atomic mass is 9.70. The average molecular weight is 270 g/mol. The molecule has 0 N–H and O–H groups in total. The first-order chi connectivity index (χ1) is 9.36. The van der Waals surface area contributed by atoms with Crippen molar-refractivity contribution < 1.29 is 0 Å². The van der Waals surface area contributed by atoms with Gasteiger partial charge in [-0.1, -0.05) is 20.8 Å². The predicted molar refractivity (Wildman–Crippen MR) is 74.9 cm³/mol. The van der Waals surface area contributed by atoms with E-state index in [-0.39, 0.29) is 16.4 Å². The van der Waals surface area contributed by atoms with Crippen LogP contribution in [0.3, 0.4) is 0 Å². The van der Waals surface area contributed by atoms with Crippen LogP contribution in [0.2, 0.25) is 0 Å². The second-order valence-corrected chi connectivity index (χ2v) is 6.95. The highest BCUT2D eigenvalue weighted by Crippen LogP contribution is 2.66. The van der Waals surface area contributed by atoms with Crippen molar-refractivity contribution in [2.24, 2.45) is 5.41 Å². The molecule has 0 saturated heterocycles. The van der Waals surface area contributed by atoms with Gasteiger partial charge in [-0.3, -0.25) is 4.79 Å². The van der Waals surface area contributed by atoms with Crippen molar-refractivity contribution in [1.82, 2.24) is 19.6 Å². The molecule has 0 aliphatic heterocycles. The predicted octanol–water partition coefficient (Wildman–Crippen LogP) is 1.97. The van der Waals surface area contributed by atoms with E-state index < -0.39 is 0 Å². The quantitative estimate of drug-likeness (QED) is 0.734. The first kappa shape index (κ1) is 12.0. The van der Waals surface area contributed by atoms with Crippen LogP contribution in [0, 0.1) is 12.3 Å². The smallest absolute Gasteiger partial charge is 0.267 e. The third kappa shape index (κ3) is 1.11. The number of fused-ring (bicyclic) bond motifs is 6. The first-order valence-corrected chi connectivity index (χ1v) is 7.13. The zero-order chi connectivity index (χ0) is 14.3. The molecule has 104 valence electrons. The molecule has 2 aromatic heterocycles. The van der Waals surface area contributed by atoms with Gasteiger partial charge in [0.1, 0.15) is 5.69 Å². The minimum Gasteiger partial charge on any atom is -0.267 e. The molecule has 2 aliphatic rings. The van der Waals surface area contributed by atoms with Gasteiger partial charge in [0.2, 0.25) is 0 Å². The zero-order valence-electron chi connectivity index (χ0n) is 12.3. The van der Waals surface area contributed by atoms with Crippen molar-refractivity contribution in [3.05, 3.63) is 33.5 Å². The summed E-state index contributed by atoms with van der Waals surface area (Å²) < 4.78 is 1.56. The van der Waals surface area contributed by atoms with Crippen LogP contribution in [0.25, 0.3) is 5.78 Å². The minimum atomic E-state index is -0.115. The van der Waals surface area contributed by atoms with Crippen LogP contribution in [-0.2, 0) is 5.41 Å². The maximum absolute atomic E-state index is 12.2. The fourth-order valence-corrected chi connectivity index (χ4v) is 4.20. The van der Waals surface area contributed by atoms with E-state index >= 15 is 0 Å². The largest absolute Gasteiger partial charge is 0.280 e. The molecule has 5 nitrogen and oxygen atoms in total. The van der Waals surface area contributed by atoms with Crippen LogP contribution in [0.4, 0.5) is 0 Å². The summed E-state index contributed by atoms with van der Waals surface area (Å²) in [7, 11) is 0. The van der Waals surface area contributed by atoms with Gasteiger partial charge in [0.25, 0.3) is 11.3 Å². The van der Waals surface area contributed by atoms with Crippen LogP contribution in [0.5, 0.6) is 0 Å². The van der Waals surface area contributed by atoms with E-state index in [0.717, 1.165) is 12.1 Å². The van der Waals surface area contributed by atoms with Gasteiger partial charge in [-0.05, 0) is 36.7 Å². The second kappa shape index (κ2) is 3.27. The molecule has 2 bridgehead atoms. The summed E-state index contributed by atoms with van der Waals surface area (Å²) in [6.07, 6.45) is 4.29. The topological polar surface area (TPSA) is 60.1 Å². The Morgan fingerprint density at radius 1 is 1.30 bits per heavy atom. The van der Waals surface area contributed by atoms with E-state index in [1.807, 2.05) is 6.20 Å². The van der Waals surface area contributed by atoms with Crippen LogP contribution in [0.15, 0.2) is 11.0 Å². The van der Waals surface area contributed by atoms with E-state index in [0.29, 0.717) is 17.4 Å². The average Bonchev–Trinajstić information content (AvgIpc) is 2.73. The van der Waals surface area contributed by atoms with E-state index in [1.165, 1.54) is 12.0 Å². The molecule has 5 heteroatoms. The fraction of sp³-hybridized carbons (Fsp3) is 0.600. The van der Waals surface area contributed by atoms with Crippen molar-refractivity contribution in [2.75, 3.05) is 0 Å². The summed E-state index contributed by atoms with van der Waals surface area (Å²) in [5, 5.41) is 7.99. The fourth-order valence-electron chi connectivity index (χ4n) is 4.20. The summed E-state index contributed by atoms with van der Waals surface area (Å²) in [5.41, 5.74) is 2.92. The molecule has 0 aromatic carbocycles. The number of hydrogen-bond donors (Lipinski definition) is 0. The van der Waals surface area contributed by atoms with Crippen molar-refractivity contribution in [1.29, 1.82) is 0 Å². The van der Waals surface area contributed by atoms with Crippen LogP contribution >= 0.6 is 0 Å². The molecule has 2 aromatic rings. The Morgan fingerprint density at radius 2 is 2.05 bits per heavy atom. The molecular weight excluding hydrogens is 252 g/mol. The van der Waals surface area contributed by atoms with Gasteiger partial charge in [-0.15, -0.1) is 10.2 Å². The van der Waals surface area contributed by atoms with Crippen molar-refractivity contribution in [3.63, 3.8) is 0 Å². The number of hydrogen-bond acceptors (Lipinski definition) is 4. The lowest BCUT2D eigenvalue weighted by Crippen LogP contribution is -2.32. The number of aromatic nitrogens is 4. The Kier molecular flexibility index (Phi) is 1.96. The van der Waals surface area contributed by atoms with E-state index in [9.17, 15) is 4.79 Å². The molecule has 1 saturated carbocycles. The molecule has 2 atom stereocenters. The molecule has 2 heterocycles. The molecule has 20 heavy (non-hydrogen) atoms. The molecule has 2 aliphatic carbocycles. The monoisotopic (exact) mass is 270 g/mol. The van der Waals surface area contributed by atoms with Crippen LogP contribution in [-0.4, -0.2) is 19.6 Å². The SMILES string of the molecule is Cc1nnc2nc3c(cn2c1=O)[C@H]1CC[C@]3(C)C1(C)C. The number of rotatable bonds is 0. The zero-order valence-corrected chi connectivity index (χ0v) is 12.3. The lowest BCUT2D eigenvalue weighted by Gasteiger charge is -2.34. The van der Waals surface area contributed by atoms with Gasteiger partial charge < -0.3 is 0 Å². The molecule has 1 fully saturated rings. The summed E-state index contributed by atoms with van der Waals surface area (Å²) in [6, 6.07) is 0. The Hall–Kier alpha value is -1.78. The second-order valence-electron chi connectivity index (χ2n) is 6.95. The first-order valence-electron chi connectivity index (χ1n) is 7.13. The van der Waals surface area contributed by atoms with Crippen molar-refractivity contribution >= 4 is 5.78 Å². The number of nitrogens with zero attached hydrogens (tertiary/aromatic N) is 4. The Balaban J connectivity index is 2.11. The lowest BCUT2D eigenvalue weighted by molar-refractivity contribution is 0.227. The normalized spacial score (nSPS) is 29.9. The van der Waals surface area contributed by atoms with Crippen LogP contribution < -0.4 is 5.56 Å². The molecule has 0 radical (unpaired) electrons. The Bertz CT molecular complexity index is 807. The van der Waals surface area contributed by atoms with Crippen LogP contribution in [0.1, 0.15) is 56.5 Å².